The summed E-state index contributed by atoms with van der Waals surface area (Å²) in [6, 6.07) is 61.2. The van der Waals surface area contributed by atoms with Crippen molar-refractivity contribution >= 4 is 53.3 Å². The molecule has 0 N–H and O–H groups in total. The minimum absolute atomic E-state index is 0.613. The third-order valence-electron chi connectivity index (χ3n) is 9.80. The Hall–Kier alpha value is -6.87. The van der Waals surface area contributed by atoms with Gasteiger partial charge in [0.25, 0.3) is 0 Å². The van der Waals surface area contributed by atoms with Crippen molar-refractivity contribution in [3.8, 4) is 56.8 Å². The molecule has 0 aliphatic heterocycles. The Morgan fingerprint density at radius 3 is 1.87 bits per heavy atom. The topological polar surface area (TPSA) is 54.5 Å². The fraction of sp³-hybridized carbons (Fsp3) is 0. The van der Waals surface area contributed by atoms with Gasteiger partial charge in [-0.3, -0.25) is 0 Å². The maximum Gasteiger partial charge on any atom is 0.160 e. The molecule has 10 rings (SSSR count). The average Bonchev–Trinajstić information content (AvgIpc) is 3.77. The highest BCUT2D eigenvalue weighted by Gasteiger charge is 2.20. The van der Waals surface area contributed by atoms with E-state index in [0.29, 0.717) is 11.4 Å². The van der Waals surface area contributed by atoms with Crippen LogP contribution in [0.25, 0.3) is 92.7 Å². The Morgan fingerprint density at radius 1 is 0.481 bits per heavy atom. The smallest absolute Gasteiger partial charge is 0.160 e. The highest BCUT2D eigenvalue weighted by molar-refractivity contribution is 7.26. The number of hydrogen-bond donors (Lipinski definition) is 0. The van der Waals surface area contributed by atoms with Crippen LogP contribution in [0, 0.1) is 11.3 Å². The Kier molecular flexibility index (Phi) is 7.02. The normalized spacial score (nSPS) is 11.4. The lowest BCUT2D eigenvalue weighted by molar-refractivity contribution is 1.16. The number of fused-ring (bicyclic) bond motifs is 7. The minimum Gasteiger partial charge on any atom is -0.308 e. The molecule has 3 heterocycles. The van der Waals surface area contributed by atoms with Gasteiger partial charge in [-0.25, -0.2) is 9.97 Å². The molecule has 0 saturated heterocycles. The molecule has 0 unspecified atom stereocenters. The molecule has 0 aliphatic carbocycles. The summed E-state index contributed by atoms with van der Waals surface area (Å²) in [5, 5.41) is 14.8. The Bertz CT molecular complexity index is 2970. The van der Waals surface area contributed by atoms with Crippen molar-refractivity contribution in [3.05, 3.63) is 175 Å². The molecule has 0 saturated carbocycles. The van der Waals surface area contributed by atoms with Crippen molar-refractivity contribution in [1.29, 1.82) is 5.26 Å². The highest BCUT2D eigenvalue weighted by atomic mass is 32.1. The van der Waals surface area contributed by atoms with Crippen LogP contribution in [0.2, 0.25) is 0 Å². The van der Waals surface area contributed by atoms with Gasteiger partial charge in [0.05, 0.1) is 38.8 Å². The van der Waals surface area contributed by atoms with Crippen LogP contribution in [0.15, 0.2) is 170 Å². The number of nitriles is 1. The van der Waals surface area contributed by atoms with Gasteiger partial charge in [-0.15, -0.1) is 11.3 Å². The van der Waals surface area contributed by atoms with E-state index in [2.05, 4.69) is 126 Å². The molecule has 3 aromatic heterocycles. The van der Waals surface area contributed by atoms with E-state index in [0.717, 1.165) is 50.4 Å². The second-order valence-electron chi connectivity index (χ2n) is 12.9. The van der Waals surface area contributed by atoms with Crippen molar-refractivity contribution in [2.24, 2.45) is 0 Å². The van der Waals surface area contributed by atoms with Crippen LogP contribution in [0.3, 0.4) is 0 Å². The van der Waals surface area contributed by atoms with Crippen molar-refractivity contribution in [2.75, 3.05) is 0 Å². The van der Waals surface area contributed by atoms with Crippen molar-refractivity contribution < 1.29 is 0 Å². The molecule has 5 heteroatoms. The first-order chi connectivity index (χ1) is 25.7. The molecule has 0 fully saturated rings. The summed E-state index contributed by atoms with van der Waals surface area (Å²) in [5.74, 6) is 0.632. The minimum atomic E-state index is 0.613. The SMILES string of the molecule is N#Cc1cccc(-c2cc(-c3nc(-c4ccccc4)cc(-c4ccccc4)n3)cc(-n3c4ccccc4c4ccc5c6ccccc6sc5c43)c2)c1. The van der Waals surface area contributed by atoms with E-state index in [4.69, 9.17) is 9.97 Å². The van der Waals surface area contributed by atoms with E-state index in [1.807, 2.05) is 65.9 Å². The first kappa shape index (κ1) is 30.0. The third-order valence-corrected chi connectivity index (χ3v) is 11.0. The van der Waals surface area contributed by atoms with Crippen LogP contribution in [0.4, 0.5) is 0 Å². The Labute approximate surface area is 304 Å². The maximum absolute atomic E-state index is 9.85. The first-order valence-corrected chi connectivity index (χ1v) is 18.0. The number of hydrogen-bond acceptors (Lipinski definition) is 4. The number of para-hydroxylation sites is 1. The molecule has 10 aromatic rings. The van der Waals surface area contributed by atoms with Gasteiger partial charge in [0.1, 0.15) is 0 Å². The van der Waals surface area contributed by atoms with Crippen LogP contribution < -0.4 is 0 Å². The van der Waals surface area contributed by atoms with Gasteiger partial charge in [-0.1, -0.05) is 121 Å². The molecule has 0 amide bonds. The monoisotopic (exact) mass is 680 g/mol. The third kappa shape index (κ3) is 4.97. The zero-order valence-electron chi connectivity index (χ0n) is 27.9. The van der Waals surface area contributed by atoms with Gasteiger partial charge < -0.3 is 4.57 Å². The van der Waals surface area contributed by atoms with Gasteiger partial charge in [-0.2, -0.15) is 5.26 Å². The molecule has 242 valence electrons. The second-order valence-corrected chi connectivity index (χ2v) is 14.0. The van der Waals surface area contributed by atoms with Crippen LogP contribution >= 0.6 is 11.3 Å². The average molecular weight is 681 g/mol. The summed E-state index contributed by atoms with van der Waals surface area (Å²) in [5.41, 5.74) is 10.5. The van der Waals surface area contributed by atoms with Gasteiger partial charge in [-0.05, 0) is 59.7 Å². The molecule has 0 bridgehead atoms. The number of rotatable bonds is 5. The van der Waals surface area contributed by atoms with E-state index in [-0.39, 0.29) is 0 Å². The number of nitrogens with zero attached hydrogens (tertiary/aromatic N) is 4. The van der Waals surface area contributed by atoms with Gasteiger partial charge in [0.15, 0.2) is 5.82 Å². The summed E-state index contributed by atoms with van der Waals surface area (Å²) in [7, 11) is 0. The largest absolute Gasteiger partial charge is 0.308 e. The van der Waals surface area contributed by atoms with E-state index < -0.39 is 0 Å². The summed E-state index contributed by atoms with van der Waals surface area (Å²) in [6.45, 7) is 0. The highest BCUT2D eigenvalue weighted by Crippen LogP contribution is 2.44. The predicted molar refractivity (Wildman–Crippen MR) is 216 cm³/mol. The summed E-state index contributed by atoms with van der Waals surface area (Å²) < 4.78 is 4.93. The molecule has 4 nitrogen and oxygen atoms in total. The maximum atomic E-state index is 9.85. The molecule has 0 aliphatic rings. The summed E-state index contributed by atoms with van der Waals surface area (Å²) in [4.78, 5) is 10.4. The summed E-state index contributed by atoms with van der Waals surface area (Å²) >= 11 is 1.84. The van der Waals surface area contributed by atoms with E-state index in [9.17, 15) is 5.26 Å². The zero-order chi connectivity index (χ0) is 34.6. The molecule has 0 radical (unpaired) electrons. The quantitative estimate of drug-likeness (QED) is 0.182. The number of benzene rings is 7. The molecule has 7 aromatic carbocycles. The fourth-order valence-electron chi connectivity index (χ4n) is 7.39. The van der Waals surface area contributed by atoms with Gasteiger partial charge >= 0.3 is 0 Å². The molecular weight excluding hydrogens is 653 g/mol. The van der Waals surface area contributed by atoms with Gasteiger partial charge in [0.2, 0.25) is 0 Å². The first-order valence-electron chi connectivity index (χ1n) is 17.2. The molecule has 0 atom stereocenters. The van der Waals surface area contributed by atoms with E-state index in [1.54, 1.807) is 0 Å². The predicted octanol–water partition coefficient (Wildman–Crippen LogP) is 12.5. The van der Waals surface area contributed by atoms with Crippen molar-refractivity contribution in [2.45, 2.75) is 0 Å². The lowest BCUT2D eigenvalue weighted by atomic mass is 9.99. The molecule has 0 spiro atoms. The zero-order valence-corrected chi connectivity index (χ0v) is 28.7. The van der Waals surface area contributed by atoms with Crippen LogP contribution in [0.5, 0.6) is 0 Å². The lowest BCUT2D eigenvalue weighted by Crippen LogP contribution is -1.99. The van der Waals surface area contributed by atoms with Gasteiger partial charge in [0, 0.05) is 48.6 Å². The van der Waals surface area contributed by atoms with Crippen LogP contribution in [-0.4, -0.2) is 14.5 Å². The standard InChI is InChI=1S/C47H28N4S/c48-29-30-12-11-17-33(24-30)34-25-35(47-49-41(31-13-3-1-4-14-31)28-42(50-47)32-15-5-2-6-16-32)27-36(26-34)51-43-20-9-7-18-37(43)39-22-23-40-38-19-8-10-21-44(38)52-46(40)45(39)51/h1-28H. The number of aromatic nitrogens is 3. The van der Waals surface area contributed by atoms with Crippen LogP contribution in [-0.2, 0) is 0 Å². The fourth-order valence-corrected chi connectivity index (χ4v) is 8.63. The second kappa shape index (κ2) is 12.2. The molecular formula is C47H28N4S. The van der Waals surface area contributed by atoms with E-state index in [1.165, 1.54) is 36.5 Å². The molecule has 52 heavy (non-hydrogen) atoms. The van der Waals surface area contributed by atoms with E-state index >= 15 is 0 Å². The lowest BCUT2D eigenvalue weighted by Gasteiger charge is -2.15. The summed E-state index contributed by atoms with van der Waals surface area (Å²) in [6.07, 6.45) is 0. The van der Waals surface area contributed by atoms with Crippen LogP contribution in [0.1, 0.15) is 5.56 Å². The van der Waals surface area contributed by atoms with Crippen molar-refractivity contribution in [3.63, 3.8) is 0 Å². The Balaban J connectivity index is 1.30. The Morgan fingerprint density at radius 2 is 1.12 bits per heavy atom. The van der Waals surface area contributed by atoms with Crippen molar-refractivity contribution in [1.82, 2.24) is 14.5 Å². The number of thiophene rings is 1.